The van der Waals surface area contributed by atoms with Crippen LogP contribution in [-0.2, 0) is 9.53 Å². The third-order valence-corrected chi connectivity index (χ3v) is 4.88. The van der Waals surface area contributed by atoms with Gasteiger partial charge in [-0.3, -0.25) is 9.59 Å². The minimum Gasteiger partial charge on any atom is -0.495 e. The van der Waals surface area contributed by atoms with Crippen molar-refractivity contribution in [1.82, 2.24) is 0 Å². The SMILES string of the molecule is COc1ccccc1NC(=O)c1ccc(NC(=O)COC(=O)c2ccc(OC(C)C)c(OC)c2)cc1. The molecule has 9 nitrogen and oxygen atoms in total. The van der Waals surface area contributed by atoms with Crippen LogP contribution in [0.4, 0.5) is 11.4 Å². The van der Waals surface area contributed by atoms with Crippen LogP contribution in [0.1, 0.15) is 34.6 Å². The number of carbonyl (C=O) groups excluding carboxylic acids is 3. The van der Waals surface area contributed by atoms with Gasteiger partial charge >= 0.3 is 5.97 Å². The number of amides is 2. The number of benzene rings is 3. The molecule has 0 aliphatic carbocycles. The first-order chi connectivity index (χ1) is 17.3. The molecule has 3 rings (SSSR count). The van der Waals surface area contributed by atoms with Crippen LogP contribution in [-0.4, -0.2) is 44.7 Å². The highest BCUT2D eigenvalue weighted by Gasteiger charge is 2.15. The summed E-state index contributed by atoms with van der Waals surface area (Å²) >= 11 is 0. The zero-order valence-corrected chi connectivity index (χ0v) is 20.5. The maximum absolute atomic E-state index is 12.5. The summed E-state index contributed by atoms with van der Waals surface area (Å²) < 4.78 is 21.2. The Hall–Kier alpha value is -4.53. The van der Waals surface area contributed by atoms with Crippen molar-refractivity contribution in [2.45, 2.75) is 20.0 Å². The number of hydrogen-bond donors (Lipinski definition) is 2. The van der Waals surface area contributed by atoms with Crippen molar-refractivity contribution in [2.75, 3.05) is 31.5 Å². The number of hydrogen-bond acceptors (Lipinski definition) is 7. The van der Waals surface area contributed by atoms with Gasteiger partial charge in [0.25, 0.3) is 11.8 Å². The Labute approximate surface area is 209 Å². The van der Waals surface area contributed by atoms with E-state index in [1.165, 1.54) is 26.4 Å². The van der Waals surface area contributed by atoms with Crippen LogP contribution in [0, 0.1) is 0 Å². The molecular formula is C27H28N2O7. The van der Waals surface area contributed by atoms with E-state index in [9.17, 15) is 14.4 Å². The van der Waals surface area contributed by atoms with E-state index in [1.807, 2.05) is 13.8 Å². The van der Waals surface area contributed by atoms with Gasteiger partial charge in [0.15, 0.2) is 18.1 Å². The molecular weight excluding hydrogens is 464 g/mol. The maximum Gasteiger partial charge on any atom is 0.338 e. The number of ether oxygens (including phenoxy) is 4. The number of anilines is 2. The summed E-state index contributed by atoms with van der Waals surface area (Å²) in [5.41, 5.74) is 1.61. The summed E-state index contributed by atoms with van der Waals surface area (Å²) in [7, 11) is 2.99. The van der Waals surface area contributed by atoms with Crippen molar-refractivity contribution in [1.29, 1.82) is 0 Å². The molecule has 0 radical (unpaired) electrons. The molecule has 3 aromatic rings. The van der Waals surface area contributed by atoms with E-state index in [4.69, 9.17) is 18.9 Å². The van der Waals surface area contributed by atoms with Crippen LogP contribution in [0.2, 0.25) is 0 Å². The van der Waals surface area contributed by atoms with E-state index in [-0.39, 0.29) is 17.6 Å². The first-order valence-electron chi connectivity index (χ1n) is 11.2. The number of rotatable bonds is 10. The zero-order chi connectivity index (χ0) is 26.1. The fraction of sp³-hybridized carbons (Fsp3) is 0.222. The van der Waals surface area contributed by atoms with E-state index in [2.05, 4.69) is 10.6 Å². The van der Waals surface area contributed by atoms with Crippen molar-refractivity contribution in [3.8, 4) is 17.2 Å². The van der Waals surface area contributed by atoms with E-state index < -0.39 is 18.5 Å². The Bertz CT molecular complexity index is 1220. The molecule has 0 aromatic heterocycles. The van der Waals surface area contributed by atoms with Crippen molar-refractivity contribution in [2.24, 2.45) is 0 Å². The molecule has 3 aromatic carbocycles. The van der Waals surface area contributed by atoms with Gasteiger partial charge in [0.05, 0.1) is 31.6 Å². The maximum atomic E-state index is 12.5. The van der Waals surface area contributed by atoms with Gasteiger partial charge in [-0.1, -0.05) is 12.1 Å². The number of esters is 1. The third-order valence-electron chi connectivity index (χ3n) is 4.88. The van der Waals surface area contributed by atoms with Crippen molar-refractivity contribution in [3.05, 3.63) is 77.9 Å². The molecule has 0 aliphatic heterocycles. The number of methoxy groups -OCH3 is 2. The minimum atomic E-state index is -0.678. The van der Waals surface area contributed by atoms with Gasteiger partial charge < -0.3 is 29.6 Å². The first-order valence-corrected chi connectivity index (χ1v) is 11.2. The Morgan fingerprint density at radius 2 is 1.44 bits per heavy atom. The normalized spacial score (nSPS) is 10.4. The molecule has 9 heteroatoms. The molecule has 0 atom stereocenters. The van der Waals surface area contributed by atoms with E-state index in [0.29, 0.717) is 34.2 Å². The fourth-order valence-corrected chi connectivity index (χ4v) is 3.20. The highest BCUT2D eigenvalue weighted by Crippen LogP contribution is 2.29. The van der Waals surface area contributed by atoms with Crippen LogP contribution in [0.3, 0.4) is 0 Å². The summed E-state index contributed by atoms with van der Waals surface area (Å²) in [5, 5.41) is 5.40. The van der Waals surface area contributed by atoms with Gasteiger partial charge in [-0.2, -0.15) is 0 Å². The smallest absolute Gasteiger partial charge is 0.338 e. The van der Waals surface area contributed by atoms with E-state index in [0.717, 1.165) is 0 Å². The Morgan fingerprint density at radius 3 is 2.11 bits per heavy atom. The highest BCUT2D eigenvalue weighted by molar-refractivity contribution is 6.05. The number of carbonyl (C=O) groups is 3. The predicted molar refractivity (Wildman–Crippen MR) is 135 cm³/mol. The molecule has 0 heterocycles. The molecule has 188 valence electrons. The monoisotopic (exact) mass is 492 g/mol. The summed E-state index contributed by atoms with van der Waals surface area (Å²) in [6, 6.07) is 18.0. The number of para-hydroxylation sites is 2. The van der Waals surface area contributed by atoms with Crippen molar-refractivity contribution in [3.63, 3.8) is 0 Å². The zero-order valence-electron chi connectivity index (χ0n) is 20.5. The molecule has 2 amide bonds. The lowest BCUT2D eigenvalue weighted by Gasteiger charge is -2.14. The molecule has 0 fully saturated rings. The van der Waals surface area contributed by atoms with E-state index >= 15 is 0 Å². The number of nitrogens with one attached hydrogen (secondary N) is 2. The second-order valence-corrected chi connectivity index (χ2v) is 7.89. The topological polar surface area (TPSA) is 112 Å². The van der Waals surface area contributed by atoms with Gasteiger partial charge in [-0.05, 0) is 68.4 Å². The van der Waals surface area contributed by atoms with Gasteiger partial charge in [-0.15, -0.1) is 0 Å². The van der Waals surface area contributed by atoms with Crippen LogP contribution in [0.5, 0.6) is 17.2 Å². The fourth-order valence-electron chi connectivity index (χ4n) is 3.20. The second kappa shape index (κ2) is 12.3. The quantitative estimate of drug-likeness (QED) is 0.400. The van der Waals surface area contributed by atoms with Gasteiger partial charge in [0.1, 0.15) is 5.75 Å². The molecule has 0 saturated carbocycles. The molecule has 2 N–H and O–H groups in total. The average Bonchev–Trinajstić information content (AvgIpc) is 2.87. The van der Waals surface area contributed by atoms with Crippen molar-refractivity contribution < 1.29 is 33.3 Å². The summed E-state index contributed by atoms with van der Waals surface area (Å²) in [4.78, 5) is 37.1. The summed E-state index contributed by atoms with van der Waals surface area (Å²) in [6.07, 6.45) is -0.0591. The average molecular weight is 493 g/mol. The summed E-state index contributed by atoms with van der Waals surface area (Å²) in [5.74, 6) is -0.0995. The summed E-state index contributed by atoms with van der Waals surface area (Å²) in [6.45, 7) is 3.27. The molecule has 0 bridgehead atoms. The second-order valence-electron chi connectivity index (χ2n) is 7.89. The Morgan fingerprint density at radius 1 is 0.778 bits per heavy atom. The predicted octanol–water partition coefficient (Wildman–Crippen LogP) is 4.54. The highest BCUT2D eigenvalue weighted by atomic mass is 16.5. The van der Waals surface area contributed by atoms with E-state index in [1.54, 1.807) is 54.6 Å². The minimum absolute atomic E-state index is 0.0591. The van der Waals surface area contributed by atoms with Crippen LogP contribution in [0.15, 0.2) is 66.7 Å². The molecule has 0 saturated heterocycles. The standard InChI is InChI=1S/C27H28N2O7/c1-17(2)36-23-14-11-19(15-24(23)34-4)27(32)35-16-25(30)28-20-12-9-18(10-13-20)26(31)29-21-7-5-6-8-22(21)33-3/h5-15,17H,16H2,1-4H3,(H,28,30)(H,29,31). The van der Waals surface area contributed by atoms with Gasteiger partial charge in [0, 0.05) is 11.3 Å². The lowest BCUT2D eigenvalue weighted by Crippen LogP contribution is -2.21. The molecule has 0 unspecified atom stereocenters. The van der Waals surface area contributed by atoms with Crippen LogP contribution in [0.25, 0.3) is 0 Å². The van der Waals surface area contributed by atoms with Crippen LogP contribution < -0.4 is 24.8 Å². The first kappa shape index (κ1) is 26.1. The molecule has 0 spiro atoms. The van der Waals surface area contributed by atoms with Gasteiger partial charge in [-0.25, -0.2) is 4.79 Å². The Kier molecular flexibility index (Phi) is 8.88. The largest absolute Gasteiger partial charge is 0.495 e. The molecule has 36 heavy (non-hydrogen) atoms. The van der Waals surface area contributed by atoms with Gasteiger partial charge in [0.2, 0.25) is 0 Å². The van der Waals surface area contributed by atoms with Crippen molar-refractivity contribution >= 4 is 29.2 Å². The Balaban J connectivity index is 1.53. The molecule has 0 aliphatic rings. The lowest BCUT2D eigenvalue weighted by molar-refractivity contribution is -0.119. The third kappa shape index (κ3) is 6.99. The lowest BCUT2D eigenvalue weighted by atomic mass is 10.2. The van der Waals surface area contributed by atoms with Crippen LogP contribution >= 0.6 is 0 Å².